The standard InChI is InChI=1S/2C8H14.C5H8O2.Rh/c2*1-2-4-6-8-7-5-3-1;1-4(6)3-5(2)7;/h2*1-2H,3-8H2;3,6H,1-2H3;. The van der Waals surface area contributed by atoms with Crippen molar-refractivity contribution >= 4 is 5.78 Å². The van der Waals surface area contributed by atoms with Crippen molar-refractivity contribution in [2.75, 3.05) is 0 Å². The van der Waals surface area contributed by atoms with E-state index in [1.54, 1.807) is 0 Å². The first-order valence-electron chi connectivity index (χ1n) is 9.30. The van der Waals surface area contributed by atoms with Crippen LogP contribution in [0.2, 0.25) is 0 Å². The molecule has 0 aromatic carbocycles. The molecule has 1 N–H and O–H groups in total. The van der Waals surface area contributed by atoms with E-state index in [1.807, 2.05) is 0 Å². The Morgan fingerprint density at radius 2 is 1.00 bits per heavy atom. The first kappa shape index (κ1) is 26.1. The molecule has 3 heteroatoms. The first-order chi connectivity index (χ1) is 11.1. The van der Waals surface area contributed by atoms with Crippen LogP contribution >= 0.6 is 0 Å². The van der Waals surface area contributed by atoms with Gasteiger partial charge >= 0.3 is 0 Å². The monoisotopic (exact) mass is 423 g/mol. The van der Waals surface area contributed by atoms with Gasteiger partial charge in [-0.25, -0.2) is 0 Å². The summed E-state index contributed by atoms with van der Waals surface area (Å²) in [5.74, 6) is -0.0625. The fraction of sp³-hybridized carbons (Fsp3) is 0.667. The Morgan fingerprint density at radius 1 is 0.708 bits per heavy atom. The van der Waals surface area contributed by atoms with Crippen LogP contribution in [0.4, 0.5) is 0 Å². The largest absolute Gasteiger partial charge is 0.512 e. The van der Waals surface area contributed by atoms with Crippen molar-refractivity contribution in [3.05, 3.63) is 37.5 Å². The number of hydrogen-bond donors (Lipinski definition) is 1. The molecule has 141 valence electrons. The molecule has 2 fully saturated rings. The molecular formula is C21H36O2Rh. The quantitative estimate of drug-likeness (QED) is 0.296. The van der Waals surface area contributed by atoms with E-state index >= 15 is 0 Å². The maximum absolute atomic E-state index is 10.0. The number of carbonyl (C=O) groups is 1. The van der Waals surface area contributed by atoms with E-state index < -0.39 is 0 Å². The zero-order valence-corrected chi connectivity index (χ0v) is 17.2. The van der Waals surface area contributed by atoms with Crippen LogP contribution in [0.15, 0.2) is 11.8 Å². The fourth-order valence-corrected chi connectivity index (χ4v) is 2.52. The van der Waals surface area contributed by atoms with Crippen LogP contribution in [0.5, 0.6) is 0 Å². The summed E-state index contributed by atoms with van der Waals surface area (Å²) in [6.45, 7) is 2.85. The minimum atomic E-state index is -0.125. The summed E-state index contributed by atoms with van der Waals surface area (Å²) in [5.41, 5.74) is 0. The second kappa shape index (κ2) is 20.9. The van der Waals surface area contributed by atoms with E-state index in [2.05, 4.69) is 25.7 Å². The minimum absolute atomic E-state index is 0. The number of aliphatic hydroxyl groups excluding tert-OH is 1. The summed E-state index contributed by atoms with van der Waals surface area (Å²) in [7, 11) is 0. The van der Waals surface area contributed by atoms with Gasteiger partial charge in [0.05, 0.1) is 5.76 Å². The molecule has 0 saturated heterocycles. The third kappa shape index (κ3) is 24.1. The molecule has 0 amide bonds. The molecule has 2 aliphatic carbocycles. The zero-order valence-electron chi connectivity index (χ0n) is 15.6. The Bertz CT molecular complexity index is 232. The van der Waals surface area contributed by atoms with Gasteiger partial charge in [-0.3, -0.25) is 4.79 Å². The van der Waals surface area contributed by atoms with Crippen LogP contribution < -0.4 is 0 Å². The number of allylic oxidation sites excluding steroid dienone is 2. The minimum Gasteiger partial charge on any atom is -0.512 e. The molecule has 0 spiro atoms. The second-order valence-corrected chi connectivity index (χ2v) is 6.32. The van der Waals surface area contributed by atoms with Gasteiger partial charge < -0.3 is 5.11 Å². The molecule has 24 heavy (non-hydrogen) atoms. The van der Waals surface area contributed by atoms with E-state index in [9.17, 15) is 4.79 Å². The predicted octanol–water partition coefficient (Wildman–Crippen LogP) is 6.53. The summed E-state index contributed by atoms with van der Waals surface area (Å²) in [5, 5.41) is 8.36. The Kier molecular flexibility index (Phi) is 22.7. The molecule has 2 nitrogen and oxygen atoms in total. The summed E-state index contributed by atoms with van der Waals surface area (Å²) in [6.07, 6.45) is 27.2. The first-order valence-corrected chi connectivity index (χ1v) is 9.30. The van der Waals surface area contributed by atoms with Crippen molar-refractivity contribution in [1.82, 2.24) is 0 Å². The summed E-state index contributed by atoms with van der Waals surface area (Å²) < 4.78 is 0. The number of rotatable bonds is 1. The topological polar surface area (TPSA) is 37.3 Å². The molecule has 0 aliphatic heterocycles. The molecular weight excluding hydrogens is 387 g/mol. The van der Waals surface area contributed by atoms with Gasteiger partial charge in [-0.05, 0) is 65.2 Å². The van der Waals surface area contributed by atoms with Crippen molar-refractivity contribution in [1.29, 1.82) is 0 Å². The Labute approximate surface area is 163 Å². The zero-order chi connectivity index (χ0) is 17.2. The molecule has 0 heterocycles. The molecule has 2 aliphatic rings. The van der Waals surface area contributed by atoms with Gasteiger partial charge in [0.1, 0.15) is 0 Å². The smallest absolute Gasteiger partial charge is 0.155 e. The Hall–Kier alpha value is -0.167. The van der Waals surface area contributed by atoms with Crippen LogP contribution in [-0.4, -0.2) is 10.9 Å². The average molecular weight is 423 g/mol. The molecule has 5 radical (unpaired) electrons. The molecule has 0 bridgehead atoms. The molecule has 2 rings (SSSR count). The molecule has 0 aromatic rings. The van der Waals surface area contributed by atoms with Crippen molar-refractivity contribution in [3.8, 4) is 0 Å². The predicted molar refractivity (Wildman–Crippen MR) is 99.7 cm³/mol. The van der Waals surface area contributed by atoms with Crippen LogP contribution in [0, 0.1) is 25.7 Å². The fourth-order valence-electron chi connectivity index (χ4n) is 2.52. The molecule has 2 saturated carbocycles. The molecule has 0 aromatic heterocycles. The third-order valence-electron chi connectivity index (χ3n) is 3.73. The van der Waals surface area contributed by atoms with Crippen molar-refractivity contribution in [2.24, 2.45) is 0 Å². The van der Waals surface area contributed by atoms with Gasteiger partial charge in [-0.15, -0.1) is 0 Å². The van der Waals surface area contributed by atoms with Crippen LogP contribution in [0.25, 0.3) is 0 Å². The van der Waals surface area contributed by atoms with Crippen LogP contribution in [-0.2, 0) is 24.3 Å². The van der Waals surface area contributed by atoms with E-state index in [4.69, 9.17) is 5.11 Å². The van der Waals surface area contributed by atoms with Crippen molar-refractivity contribution in [3.63, 3.8) is 0 Å². The number of ketones is 1. The SMILES string of the molecule is CC(=O)C=C(C)O.[CH]1[CH]CCCCCC1.[CH]1[CH]CCCCCC1.[Rh]. The second-order valence-electron chi connectivity index (χ2n) is 6.32. The number of hydrogen-bond acceptors (Lipinski definition) is 2. The molecule has 0 atom stereocenters. The number of aliphatic hydroxyl groups is 1. The van der Waals surface area contributed by atoms with Crippen molar-refractivity contribution < 1.29 is 29.4 Å². The summed E-state index contributed by atoms with van der Waals surface area (Å²) in [6, 6.07) is 0. The van der Waals surface area contributed by atoms with Crippen molar-refractivity contribution in [2.45, 2.75) is 90.9 Å². The normalized spacial score (nSPS) is 19.3. The average Bonchev–Trinajstić information content (AvgIpc) is 2.36. The maximum atomic E-state index is 10.0. The van der Waals surface area contributed by atoms with E-state index in [0.717, 1.165) is 0 Å². The number of carbonyl (C=O) groups excluding carboxylic acids is 1. The third-order valence-corrected chi connectivity index (χ3v) is 3.73. The van der Waals surface area contributed by atoms with Gasteiger partial charge in [-0.2, -0.15) is 0 Å². The van der Waals surface area contributed by atoms with Gasteiger partial charge in [-0.1, -0.05) is 51.4 Å². The van der Waals surface area contributed by atoms with E-state index in [0.29, 0.717) is 0 Å². The van der Waals surface area contributed by atoms with Gasteiger partial charge in [0, 0.05) is 25.6 Å². The van der Waals surface area contributed by atoms with E-state index in [1.165, 1.54) is 97.0 Å². The summed E-state index contributed by atoms with van der Waals surface area (Å²) >= 11 is 0. The maximum Gasteiger partial charge on any atom is 0.155 e. The van der Waals surface area contributed by atoms with Crippen LogP contribution in [0.1, 0.15) is 90.9 Å². The Morgan fingerprint density at radius 3 is 1.17 bits per heavy atom. The summed E-state index contributed by atoms with van der Waals surface area (Å²) in [4.78, 5) is 10.0. The molecule has 0 unspecified atom stereocenters. The van der Waals surface area contributed by atoms with Crippen LogP contribution in [0.3, 0.4) is 0 Å². The Balaban J connectivity index is 0. The van der Waals surface area contributed by atoms with Gasteiger partial charge in [0.15, 0.2) is 5.78 Å². The van der Waals surface area contributed by atoms with E-state index in [-0.39, 0.29) is 31.0 Å². The van der Waals surface area contributed by atoms with Gasteiger partial charge in [0.2, 0.25) is 0 Å². The van der Waals surface area contributed by atoms with Gasteiger partial charge in [0.25, 0.3) is 0 Å².